The third kappa shape index (κ3) is 5.58. The van der Waals surface area contributed by atoms with Crippen molar-refractivity contribution in [1.82, 2.24) is 10.6 Å². The van der Waals surface area contributed by atoms with Gasteiger partial charge in [0, 0.05) is 5.70 Å². The lowest BCUT2D eigenvalue weighted by molar-refractivity contribution is -0.385. The zero-order valence-corrected chi connectivity index (χ0v) is 19.4. The molecule has 0 unspecified atom stereocenters. The number of allylic oxidation sites excluding steroid dienone is 1. The number of thiocarbonyl (C=S) groups is 1. The first-order valence-electron chi connectivity index (χ1n) is 10.4. The lowest BCUT2D eigenvalue weighted by Crippen LogP contribution is -2.45. The summed E-state index contributed by atoms with van der Waals surface area (Å²) in [6, 6.07) is 11.4. The van der Waals surface area contributed by atoms with Gasteiger partial charge in [0.2, 0.25) is 0 Å². The zero-order chi connectivity index (χ0) is 24.0. The Morgan fingerprint density at radius 3 is 2.45 bits per heavy atom. The highest BCUT2D eigenvalue weighted by atomic mass is 32.1. The average molecular weight is 472 g/mol. The van der Waals surface area contributed by atoms with E-state index in [4.69, 9.17) is 26.4 Å². The highest BCUT2D eigenvalue weighted by Gasteiger charge is 2.36. The summed E-state index contributed by atoms with van der Waals surface area (Å²) in [4.78, 5) is 24.2. The Balaban J connectivity index is 2.09. The van der Waals surface area contributed by atoms with E-state index in [1.54, 1.807) is 20.8 Å². The van der Waals surface area contributed by atoms with E-state index in [2.05, 4.69) is 10.6 Å². The number of nitrogens with zero attached hydrogens (tertiary/aromatic N) is 1. The van der Waals surface area contributed by atoms with Crippen LogP contribution in [0.15, 0.2) is 53.7 Å². The van der Waals surface area contributed by atoms with Crippen molar-refractivity contribution in [2.24, 2.45) is 0 Å². The van der Waals surface area contributed by atoms with Crippen molar-refractivity contribution in [2.75, 3.05) is 13.2 Å². The highest BCUT2D eigenvalue weighted by molar-refractivity contribution is 7.80. The Labute approximate surface area is 196 Å². The van der Waals surface area contributed by atoms with Crippen molar-refractivity contribution < 1.29 is 23.9 Å². The summed E-state index contributed by atoms with van der Waals surface area (Å²) in [5.74, 6) is -0.0497. The molecule has 1 aliphatic heterocycles. The summed E-state index contributed by atoms with van der Waals surface area (Å²) >= 11 is 5.24. The molecule has 1 atom stereocenters. The molecule has 0 saturated heterocycles. The molecule has 1 heterocycles. The van der Waals surface area contributed by atoms with Crippen LogP contribution in [0.4, 0.5) is 5.69 Å². The molecular weight excluding hydrogens is 446 g/mol. The van der Waals surface area contributed by atoms with Crippen LogP contribution in [-0.4, -0.2) is 29.2 Å². The standard InChI is InChI=1S/C23H25N3O6S/c1-4-30-18-11-16(21-20(22(27)31-5-2)14(3)24-23(33)25-21)17(26(28)29)12-19(18)32-13-15-9-7-6-8-10-15/h6-12,21H,4-5,13H2,1-3H3,(H2,24,25,33)/t21-/m1/s1. The molecule has 2 aromatic rings. The van der Waals surface area contributed by atoms with Crippen LogP contribution in [0.3, 0.4) is 0 Å². The Hall–Kier alpha value is -3.66. The number of ether oxygens (including phenoxy) is 3. The minimum absolute atomic E-state index is 0.158. The van der Waals surface area contributed by atoms with Gasteiger partial charge in [0.1, 0.15) is 6.61 Å². The summed E-state index contributed by atoms with van der Waals surface area (Å²) in [6.45, 7) is 5.83. The first-order valence-corrected chi connectivity index (χ1v) is 10.8. The molecule has 0 saturated carbocycles. The molecule has 2 N–H and O–H groups in total. The maximum Gasteiger partial charge on any atom is 0.338 e. The van der Waals surface area contributed by atoms with Crippen molar-refractivity contribution in [2.45, 2.75) is 33.4 Å². The van der Waals surface area contributed by atoms with E-state index < -0.39 is 16.9 Å². The van der Waals surface area contributed by atoms with Gasteiger partial charge in [-0.15, -0.1) is 0 Å². The maximum absolute atomic E-state index is 12.7. The van der Waals surface area contributed by atoms with Gasteiger partial charge in [-0.3, -0.25) is 10.1 Å². The smallest absolute Gasteiger partial charge is 0.338 e. The fourth-order valence-corrected chi connectivity index (χ4v) is 3.75. The predicted molar refractivity (Wildman–Crippen MR) is 126 cm³/mol. The largest absolute Gasteiger partial charge is 0.490 e. The number of rotatable bonds is 9. The molecule has 0 amide bonds. The van der Waals surface area contributed by atoms with Gasteiger partial charge in [-0.05, 0) is 44.6 Å². The number of nitro benzene ring substituents is 1. The Morgan fingerprint density at radius 1 is 1.12 bits per heavy atom. The van der Waals surface area contributed by atoms with E-state index in [-0.39, 0.29) is 40.9 Å². The van der Waals surface area contributed by atoms with Crippen LogP contribution in [0.2, 0.25) is 0 Å². The third-order valence-electron chi connectivity index (χ3n) is 4.90. The van der Waals surface area contributed by atoms with Crippen molar-refractivity contribution in [3.05, 3.63) is 75.0 Å². The molecule has 0 bridgehead atoms. The zero-order valence-electron chi connectivity index (χ0n) is 18.5. The van der Waals surface area contributed by atoms with Crippen LogP contribution in [0.5, 0.6) is 11.5 Å². The van der Waals surface area contributed by atoms with Gasteiger partial charge in [-0.25, -0.2) is 4.79 Å². The summed E-state index contributed by atoms with van der Waals surface area (Å²) < 4.78 is 16.8. The number of hydrogen-bond acceptors (Lipinski definition) is 7. The fourth-order valence-electron chi connectivity index (χ4n) is 3.48. The predicted octanol–water partition coefficient (Wildman–Crippen LogP) is 3.93. The van der Waals surface area contributed by atoms with E-state index in [0.717, 1.165) is 5.56 Å². The van der Waals surface area contributed by atoms with Crippen molar-refractivity contribution >= 4 is 29.0 Å². The first-order chi connectivity index (χ1) is 15.8. The van der Waals surface area contributed by atoms with Crippen LogP contribution in [0.1, 0.15) is 37.9 Å². The molecule has 0 fully saturated rings. The maximum atomic E-state index is 12.7. The number of nitrogens with one attached hydrogen (secondary N) is 2. The molecule has 0 spiro atoms. The van der Waals surface area contributed by atoms with Crippen molar-refractivity contribution in [3.63, 3.8) is 0 Å². The molecule has 10 heteroatoms. The van der Waals surface area contributed by atoms with E-state index in [0.29, 0.717) is 18.1 Å². The number of hydrogen-bond donors (Lipinski definition) is 2. The van der Waals surface area contributed by atoms with E-state index in [1.807, 2.05) is 30.3 Å². The SMILES string of the molecule is CCOC(=O)C1=C(C)NC(=S)N[C@@H]1c1cc(OCC)c(OCc2ccccc2)cc1[N+](=O)[O-]. The Morgan fingerprint density at radius 2 is 1.82 bits per heavy atom. The van der Waals surface area contributed by atoms with Gasteiger partial charge in [-0.1, -0.05) is 30.3 Å². The second kappa shape index (κ2) is 10.8. The normalized spacial score (nSPS) is 15.4. The minimum Gasteiger partial charge on any atom is -0.490 e. The number of benzene rings is 2. The van der Waals surface area contributed by atoms with Crippen LogP contribution in [0.25, 0.3) is 0 Å². The summed E-state index contributed by atoms with van der Waals surface area (Å²) in [7, 11) is 0. The van der Waals surface area contributed by atoms with E-state index in [1.165, 1.54) is 12.1 Å². The van der Waals surface area contributed by atoms with Crippen LogP contribution in [-0.2, 0) is 16.1 Å². The van der Waals surface area contributed by atoms with Gasteiger partial charge in [0.25, 0.3) is 5.69 Å². The molecule has 174 valence electrons. The highest BCUT2D eigenvalue weighted by Crippen LogP contribution is 2.41. The average Bonchev–Trinajstić information content (AvgIpc) is 2.78. The topological polar surface area (TPSA) is 112 Å². The molecular formula is C23H25N3O6S. The molecule has 3 rings (SSSR count). The quantitative estimate of drug-likeness (QED) is 0.243. The first kappa shape index (κ1) is 24.0. The van der Waals surface area contributed by atoms with Crippen LogP contribution in [0, 0.1) is 10.1 Å². The monoisotopic (exact) mass is 471 g/mol. The lowest BCUT2D eigenvalue weighted by atomic mass is 9.94. The van der Waals surface area contributed by atoms with Gasteiger partial charge >= 0.3 is 5.97 Å². The fraction of sp³-hybridized carbons (Fsp3) is 0.304. The molecule has 0 aromatic heterocycles. The molecule has 9 nitrogen and oxygen atoms in total. The number of nitro groups is 1. The molecule has 0 aliphatic carbocycles. The Kier molecular flexibility index (Phi) is 7.83. The number of esters is 1. The summed E-state index contributed by atoms with van der Waals surface area (Å²) in [5, 5.41) is 18.1. The van der Waals surface area contributed by atoms with Crippen molar-refractivity contribution in [3.8, 4) is 11.5 Å². The van der Waals surface area contributed by atoms with Gasteiger partial charge in [0.05, 0.1) is 41.4 Å². The number of carbonyl (C=O) groups excluding carboxylic acids is 1. The second-order valence-corrected chi connectivity index (χ2v) is 7.52. The van der Waals surface area contributed by atoms with Crippen LogP contribution >= 0.6 is 12.2 Å². The molecule has 33 heavy (non-hydrogen) atoms. The van der Waals surface area contributed by atoms with Crippen molar-refractivity contribution in [1.29, 1.82) is 0 Å². The van der Waals surface area contributed by atoms with Gasteiger partial charge in [0.15, 0.2) is 16.6 Å². The van der Waals surface area contributed by atoms with E-state index >= 15 is 0 Å². The minimum atomic E-state index is -0.902. The van der Waals surface area contributed by atoms with Gasteiger partial charge < -0.3 is 24.8 Å². The summed E-state index contributed by atoms with van der Waals surface area (Å²) in [5.41, 5.74) is 1.54. The Bertz CT molecular complexity index is 1090. The number of carbonyl (C=O) groups is 1. The van der Waals surface area contributed by atoms with Gasteiger partial charge in [-0.2, -0.15) is 0 Å². The summed E-state index contributed by atoms with van der Waals surface area (Å²) in [6.07, 6.45) is 0. The molecule has 2 aromatic carbocycles. The third-order valence-corrected chi connectivity index (χ3v) is 5.12. The van der Waals surface area contributed by atoms with E-state index in [9.17, 15) is 14.9 Å². The molecule has 1 aliphatic rings. The van der Waals surface area contributed by atoms with Crippen LogP contribution < -0.4 is 20.1 Å². The lowest BCUT2D eigenvalue weighted by Gasteiger charge is -2.30. The molecule has 0 radical (unpaired) electrons. The second-order valence-electron chi connectivity index (χ2n) is 7.11.